The van der Waals surface area contributed by atoms with Gasteiger partial charge in [-0.2, -0.15) is 0 Å². The summed E-state index contributed by atoms with van der Waals surface area (Å²) in [6, 6.07) is 0. The molecule has 24 heavy (non-hydrogen) atoms. The number of ether oxygens (including phenoxy) is 2. The Morgan fingerprint density at radius 1 is 0.958 bits per heavy atom. The molecule has 0 N–H and O–H groups in total. The van der Waals surface area contributed by atoms with Gasteiger partial charge in [-0.15, -0.1) is 0 Å². The van der Waals surface area contributed by atoms with Gasteiger partial charge in [0.05, 0.1) is 18.4 Å². The zero-order chi connectivity index (χ0) is 17.9. The summed E-state index contributed by atoms with van der Waals surface area (Å²) >= 11 is 0. The van der Waals surface area contributed by atoms with Crippen molar-refractivity contribution in [1.82, 2.24) is 0 Å². The van der Waals surface area contributed by atoms with E-state index in [0.717, 1.165) is 57.8 Å². The van der Waals surface area contributed by atoms with Crippen LogP contribution in [-0.4, -0.2) is 24.6 Å². The minimum Gasteiger partial charge on any atom is -0.465 e. The third-order valence-corrected chi connectivity index (χ3v) is 4.70. The Bertz CT molecular complexity index is 378. The highest BCUT2D eigenvalue weighted by atomic mass is 16.5. The molecule has 4 heteroatoms. The molecule has 0 radical (unpaired) electrons. The Labute approximate surface area is 147 Å². The predicted octanol–water partition coefficient (Wildman–Crippen LogP) is 4.89. The van der Waals surface area contributed by atoms with E-state index in [1.165, 1.54) is 0 Å². The van der Waals surface area contributed by atoms with Crippen LogP contribution in [0.5, 0.6) is 0 Å². The second kappa shape index (κ2) is 11.5. The zero-order valence-electron chi connectivity index (χ0n) is 16.0. The highest BCUT2D eigenvalue weighted by Crippen LogP contribution is 2.33. The Morgan fingerprint density at radius 2 is 1.58 bits per heavy atom. The number of carbonyl (C=O) groups excluding carboxylic acids is 2. The Hall–Kier alpha value is -1.06. The molecule has 0 saturated heterocycles. The molecule has 0 aromatic rings. The molecule has 0 bridgehead atoms. The van der Waals surface area contributed by atoms with Crippen molar-refractivity contribution in [3.8, 4) is 0 Å². The second-order valence-electron chi connectivity index (χ2n) is 7.51. The molecule has 0 aromatic carbocycles. The standard InChI is InChI=1S/C20H36O4/c1-5-7-11-16(10-6-2)24-20(22)18-13-9-8-12-17(18)19(21)23-14-15(3)4/h15-18H,5-14H2,1-4H3. The van der Waals surface area contributed by atoms with Crippen molar-refractivity contribution < 1.29 is 19.1 Å². The number of esters is 2. The van der Waals surface area contributed by atoms with Gasteiger partial charge in [-0.3, -0.25) is 9.59 Å². The van der Waals surface area contributed by atoms with Gasteiger partial charge in [0.1, 0.15) is 6.10 Å². The largest absolute Gasteiger partial charge is 0.465 e. The minimum atomic E-state index is -0.321. The highest BCUT2D eigenvalue weighted by Gasteiger charge is 2.38. The fourth-order valence-corrected chi connectivity index (χ4v) is 3.32. The number of carbonyl (C=O) groups is 2. The number of hydrogen-bond acceptors (Lipinski definition) is 4. The lowest BCUT2D eigenvalue weighted by molar-refractivity contribution is -0.167. The van der Waals surface area contributed by atoms with Crippen LogP contribution >= 0.6 is 0 Å². The molecular formula is C20H36O4. The average Bonchev–Trinajstić information content (AvgIpc) is 2.57. The van der Waals surface area contributed by atoms with Crippen molar-refractivity contribution in [2.45, 2.75) is 91.6 Å². The van der Waals surface area contributed by atoms with Gasteiger partial charge in [-0.25, -0.2) is 0 Å². The lowest BCUT2D eigenvalue weighted by atomic mass is 9.79. The molecule has 4 nitrogen and oxygen atoms in total. The first-order valence-electron chi connectivity index (χ1n) is 9.86. The second-order valence-corrected chi connectivity index (χ2v) is 7.51. The maximum atomic E-state index is 12.7. The van der Waals surface area contributed by atoms with Crippen LogP contribution in [0.2, 0.25) is 0 Å². The topological polar surface area (TPSA) is 52.6 Å². The molecule has 0 aliphatic heterocycles. The first kappa shape index (κ1) is 21.0. The zero-order valence-corrected chi connectivity index (χ0v) is 16.0. The van der Waals surface area contributed by atoms with E-state index < -0.39 is 0 Å². The van der Waals surface area contributed by atoms with Gasteiger partial charge in [0, 0.05) is 0 Å². The lowest BCUT2D eigenvalue weighted by Crippen LogP contribution is -2.37. The average molecular weight is 341 g/mol. The lowest BCUT2D eigenvalue weighted by Gasteiger charge is -2.30. The van der Waals surface area contributed by atoms with Crippen LogP contribution in [0.4, 0.5) is 0 Å². The minimum absolute atomic E-state index is 0.00305. The van der Waals surface area contributed by atoms with Gasteiger partial charge in [0.25, 0.3) is 0 Å². The summed E-state index contributed by atoms with van der Waals surface area (Å²) < 4.78 is 11.2. The van der Waals surface area contributed by atoms with E-state index in [1.807, 2.05) is 13.8 Å². The van der Waals surface area contributed by atoms with Crippen LogP contribution in [0.25, 0.3) is 0 Å². The summed E-state index contributed by atoms with van der Waals surface area (Å²) in [7, 11) is 0. The van der Waals surface area contributed by atoms with Crippen molar-refractivity contribution >= 4 is 11.9 Å². The summed E-state index contributed by atoms with van der Waals surface area (Å²) in [5, 5.41) is 0. The first-order chi connectivity index (χ1) is 11.5. The molecule has 0 aromatic heterocycles. The van der Waals surface area contributed by atoms with Crippen LogP contribution in [-0.2, 0) is 19.1 Å². The summed E-state index contributed by atoms with van der Waals surface area (Å²) in [4.78, 5) is 25.0. The van der Waals surface area contributed by atoms with Crippen LogP contribution in [0.3, 0.4) is 0 Å². The van der Waals surface area contributed by atoms with Crippen molar-refractivity contribution in [3.63, 3.8) is 0 Å². The van der Waals surface area contributed by atoms with E-state index in [0.29, 0.717) is 12.5 Å². The third-order valence-electron chi connectivity index (χ3n) is 4.70. The van der Waals surface area contributed by atoms with Gasteiger partial charge < -0.3 is 9.47 Å². The predicted molar refractivity (Wildman–Crippen MR) is 95.6 cm³/mol. The fraction of sp³-hybridized carbons (Fsp3) is 0.900. The summed E-state index contributed by atoms with van der Waals surface area (Å²) in [5.41, 5.74) is 0. The molecule has 140 valence electrons. The van der Waals surface area contributed by atoms with E-state index in [1.54, 1.807) is 0 Å². The van der Waals surface area contributed by atoms with E-state index in [-0.39, 0.29) is 29.9 Å². The summed E-state index contributed by atoms with van der Waals surface area (Å²) in [5.74, 6) is -0.731. The Balaban J connectivity index is 2.64. The molecule has 0 heterocycles. The van der Waals surface area contributed by atoms with Gasteiger partial charge in [0.15, 0.2) is 0 Å². The van der Waals surface area contributed by atoms with Crippen LogP contribution < -0.4 is 0 Å². The van der Waals surface area contributed by atoms with Gasteiger partial charge in [-0.1, -0.05) is 59.8 Å². The quantitative estimate of drug-likeness (QED) is 0.531. The molecule has 1 saturated carbocycles. The molecular weight excluding hydrogens is 304 g/mol. The molecule has 0 amide bonds. The highest BCUT2D eigenvalue weighted by molar-refractivity contribution is 5.82. The SMILES string of the molecule is CCCCC(CCC)OC(=O)C1CCCCC1C(=O)OCC(C)C. The van der Waals surface area contributed by atoms with Crippen LogP contribution in [0, 0.1) is 17.8 Å². The number of rotatable bonds is 10. The molecule has 1 rings (SSSR count). The van der Waals surface area contributed by atoms with Gasteiger partial charge >= 0.3 is 11.9 Å². The number of hydrogen-bond donors (Lipinski definition) is 0. The molecule has 1 aliphatic carbocycles. The normalized spacial score (nSPS) is 22.2. The Kier molecular flexibility index (Phi) is 10.0. The van der Waals surface area contributed by atoms with E-state index >= 15 is 0 Å². The maximum absolute atomic E-state index is 12.7. The van der Waals surface area contributed by atoms with Gasteiger partial charge in [-0.05, 0) is 31.6 Å². The van der Waals surface area contributed by atoms with Crippen molar-refractivity contribution in [2.24, 2.45) is 17.8 Å². The number of unbranched alkanes of at least 4 members (excludes halogenated alkanes) is 1. The third kappa shape index (κ3) is 7.23. The Morgan fingerprint density at radius 3 is 2.12 bits per heavy atom. The molecule has 3 unspecified atom stereocenters. The van der Waals surface area contributed by atoms with Crippen molar-refractivity contribution in [2.75, 3.05) is 6.61 Å². The molecule has 0 spiro atoms. The van der Waals surface area contributed by atoms with E-state index in [9.17, 15) is 9.59 Å². The monoisotopic (exact) mass is 340 g/mol. The van der Waals surface area contributed by atoms with E-state index in [2.05, 4.69) is 13.8 Å². The molecule has 1 fully saturated rings. The van der Waals surface area contributed by atoms with Gasteiger partial charge in [0.2, 0.25) is 0 Å². The van der Waals surface area contributed by atoms with Crippen molar-refractivity contribution in [3.05, 3.63) is 0 Å². The van der Waals surface area contributed by atoms with Crippen LogP contribution in [0.15, 0.2) is 0 Å². The smallest absolute Gasteiger partial charge is 0.310 e. The summed E-state index contributed by atoms with van der Waals surface area (Å²) in [6.45, 7) is 8.71. The van der Waals surface area contributed by atoms with Crippen LogP contribution in [0.1, 0.15) is 85.5 Å². The van der Waals surface area contributed by atoms with E-state index in [4.69, 9.17) is 9.47 Å². The maximum Gasteiger partial charge on any atom is 0.310 e. The van der Waals surface area contributed by atoms with Crippen molar-refractivity contribution in [1.29, 1.82) is 0 Å². The first-order valence-corrected chi connectivity index (χ1v) is 9.86. The fourth-order valence-electron chi connectivity index (χ4n) is 3.32. The summed E-state index contributed by atoms with van der Waals surface area (Å²) in [6.07, 6.45) is 8.46. The molecule has 1 aliphatic rings. The molecule has 3 atom stereocenters.